The van der Waals surface area contributed by atoms with E-state index in [0.29, 0.717) is 16.7 Å². The Balaban J connectivity index is 2.65. The van der Waals surface area contributed by atoms with Crippen molar-refractivity contribution in [2.24, 2.45) is 0 Å². The van der Waals surface area contributed by atoms with Crippen LogP contribution in [-0.2, 0) is 19.0 Å². The summed E-state index contributed by atoms with van der Waals surface area (Å²) in [7, 11) is 1.28. The monoisotopic (exact) mass is 371 g/mol. The minimum absolute atomic E-state index is 0.0275. The number of nitrogens with two attached hydrogens (primary N) is 1. The molecule has 0 aromatic rings. The summed E-state index contributed by atoms with van der Waals surface area (Å²) in [6.07, 6.45) is 2.83. The summed E-state index contributed by atoms with van der Waals surface area (Å²) in [6.45, 7) is 3.71. The van der Waals surface area contributed by atoms with E-state index in [1.165, 1.54) is 13.2 Å². The molecule has 0 atom stereocenters. The van der Waals surface area contributed by atoms with E-state index in [0.717, 1.165) is 0 Å². The van der Waals surface area contributed by atoms with Crippen molar-refractivity contribution in [2.45, 2.75) is 13.8 Å². The van der Waals surface area contributed by atoms with E-state index in [-0.39, 0.29) is 30.0 Å². The van der Waals surface area contributed by atoms with Gasteiger partial charge in [-0.2, -0.15) is 0 Å². The van der Waals surface area contributed by atoms with Gasteiger partial charge in [-0.1, -0.05) is 24.3 Å². The molecule has 2 aliphatic carbocycles. The first-order valence-corrected chi connectivity index (χ1v) is 8.40. The Kier molecular flexibility index (Phi) is 6.54. The van der Waals surface area contributed by atoms with Crippen LogP contribution in [0.25, 0.3) is 17.2 Å². The van der Waals surface area contributed by atoms with Crippen molar-refractivity contribution in [3.63, 3.8) is 0 Å². The van der Waals surface area contributed by atoms with Gasteiger partial charge in [-0.3, -0.25) is 0 Å². The van der Waals surface area contributed by atoms with Gasteiger partial charge in [-0.15, -0.1) is 0 Å². The standard InChI is InChI=1S/C20H21NO6/c1-4-26-19(23)16-13-9-6-12(8-11-15(22)25-3)7-10-14(13)17(18(16)21)20(24)27-5-2/h6-11H,4-5,21H2,1-3H3/b11-8-. The molecule has 2 aliphatic rings. The quantitative estimate of drug-likeness (QED) is 0.473. The summed E-state index contributed by atoms with van der Waals surface area (Å²) in [5.41, 5.74) is 7.96. The molecule has 0 aliphatic heterocycles. The van der Waals surface area contributed by atoms with Gasteiger partial charge in [-0.25, -0.2) is 14.4 Å². The molecule has 0 fully saturated rings. The van der Waals surface area contributed by atoms with Gasteiger partial charge >= 0.3 is 17.9 Å². The number of anilines is 1. The lowest BCUT2D eigenvalue weighted by molar-refractivity contribution is -0.134. The first kappa shape index (κ1) is 20.0. The number of ether oxygens (including phenoxy) is 3. The summed E-state index contributed by atoms with van der Waals surface area (Å²) in [5, 5.41) is 0. The van der Waals surface area contributed by atoms with Crippen LogP contribution in [0.1, 0.15) is 40.1 Å². The Morgan fingerprint density at radius 3 is 1.81 bits per heavy atom. The maximum atomic E-state index is 12.4. The Morgan fingerprint density at radius 2 is 1.41 bits per heavy atom. The molecule has 0 amide bonds. The normalized spacial score (nSPS) is 10.8. The van der Waals surface area contributed by atoms with Gasteiger partial charge in [-0.05, 0) is 36.6 Å². The van der Waals surface area contributed by atoms with Crippen LogP contribution in [0, 0.1) is 0 Å². The first-order chi connectivity index (χ1) is 12.9. The molecule has 142 valence electrons. The van der Waals surface area contributed by atoms with Crippen LogP contribution >= 0.6 is 0 Å². The van der Waals surface area contributed by atoms with Crippen LogP contribution in [-0.4, -0.2) is 38.2 Å². The molecule has 0 bridgehead atoms. The number of nitrogen functional groups attached to an aromatic ring is 1. The number of carbonyl (C=O) groups excluding carboxylic acids is 3. The number of hydrogen-bond donors (Lipinski definition) is 1. The molecule has 7 heteroatoms. The molecule has 27 heavy (non-hydrogen) atoms. The minimum Gasteiger partial charge on any atom is -0.466 e. The van der Waals surface area contributed by atoms with E-state index >= 15 is 0 Å². The molecule has 0 spiro atoms. The number of rotatable bonds is 6. The minimum atomic E-state index is -0.617. The number of carbonyl (C=O) groups is 3. The van der Waals surface area contributed by atoms with Crippen LogP contribution < -0.4 is 5.73 Å². The van der Waals surface area contributed by atoms with Gasteiger partial charge in [0.15, 0.2) is 0 Å². The number of methoxy groups -OCH3 is 1. The highest BCUT2D eigenvalue weighted by Crippen LogP contribution is 2.39. The maximum Gasteiger partial charge on any atom is 0.340 e. The fourth-order valence-corrected chi connectivity index (χ4v) is 2.64. The summed E-state index contributed by atoms with van der Waals surface area (Å²) in [4.78, 5) is 36.0. The fourth-order valence-electron chi connectivity index (χ4n) is 2.64. The predicted octanol–water partition coefficient (Wildman–Crippen LogP) is 2.91. The van der Waals surface area contributed by atoms with Crippen LogP contribution in [0.15, 0.2) is 30.3 Å². The third kappa shape index (κ3) is 4.25. The zero-order valence-electron chi connectivity index (χ0n) is 15.4. The largest absolute Gasteiger partial charge is 0.466 e. The zero-order valence-corrected chi connectivity index (χ0v) is 15.4. The third-order valence-electron chi connectivity index (χ3n) is 3.82. The van der Waals surface area contributed by atoms with Crippen molar-refractivity contribution >= 4 is 29.7 Å². The van der Waals surface area contributed by atoms with Gasteiger partial charge < -0.3 is 19.9 Å². The smallest absolute Gasteiger partial charge is 0.340 e. The molecule has 7 nitrogen and oxygen atoms in total. The molecule has 0 radical (unpaired) electrons. The average molecular weight is 371 g/mol. The fraction of sp³-hybridized carbons (Fsp3) is 0.250. The molecule has 2 N–H and O–H groups in total. The number of hydrogen-bond acceptors (Lipinski definition) is 7. The molecule has 0 saturated carbocycles. The molecule has 2 rings (SSSR count). The van der Waals surface area contributed by atoms with Crippen LogP contribution in [0.2, 0.25) is 0 Å². The van der Waals surface area contributed by atoms with E-state index in [2.05, 4.69) is 4.74 Å². The molecule has 0 aromatic carbocycles. The summed E-state index contributed by atoms with van der Waals surface area (Å²) < 4.78 is 14.7. The molecule has 0 heterocycles. The third-order valence-corrected chi connectivity index (χ3v) is 3.82. The first-order valence-electron chi connectivity index (χ1n) is 8.40. The summed E-state index contributed by atoms with van der Waals surface area (Å²) in [6, 6.07) is 6.69. The Hall–Kier alpha value is -3.35. The lowest BCUT2D eigenvalue weighted by atomic mass is 10.1. The predicted molar refractivity (Wildman–Crippen MR) is 100 cm³/mol. The number of esters is 3. The number of fused-ring (bicyclic) bond motifs is 1. The molecular formula is C20H21NO6. The van der Waals surface area contributed by atoms with Crippen LogP contribution in [0.4, 0.5) is 5.69 Å². The lowest BCUT2D eigenvalue weighted by Crippen LogP contribution is -2.09. The topological polar surface area (TPSA) is 105 Å². The Bertz CT molecular complexity index is 815. The van der Waals surface area contributed by atoms with Crippen molar-refractivity contribution in [3.05, 3.63) is 47.0 Å². The van der Waals surface area contributed by atoms with E-state index in [1.807, 2.05) is 0 Å². The van der Waals surface area contributed by atoms with Gasteiger partial charge in [0.05, 0.1) is 37.1 Å². The van der Waals surface area contributed by atoms with Crippen LogP contribution in [0.3, 0.4) is 0 Å². The van der Waals surface area contributed by atoms with Crippen molar-refractivity contribution in [1.29, 1.82) is 0 Å². The van der Waals surface area contributed by atoms with Crippen molar-refractivity contribution in [3.8, 4) is 11.1 Å². The van der Waals surface area contributed by atoms with E-state index in [1.54, 1.807) is 44.2 Å². The summed E-state index contributed by atoms with van der Waals surface area (Å²) in [5.74, 6) is -1.73. The molecule has 0 unspecified atom stereocenters. The van der Waals surface area contributed by atoms with Gasteiger partial charge in [0.1, 0.15) is 0 Å². The Labute approximate surface area is 157 Å². The van der Waals surface area contributed by atoms with Gasteiger partial charge in [0, 0.05) is 6.08 Å². The van der Waals surface area contributed by atoms with E-state index < -0.39 is 17.9 Å². The van der Waals surface area contributed by atoms with Gasteiger partial charge in [0.25, 0.3) is 0 Å². The van der Waals surface area contributed by atoms with Crippen LogP contribution in [0.5, 0.6) is 0 Å². The summed E-state index contributed by atoms with van der Waals surface area (Å²) >= 11 is 0. The second kappa shape index (κ2) is 8.84. The maximum absolute atomic E-state index is 12.4. The zero-order chi connectivity index (χ0) is 20.0. The van der Waals surface area contributed by atoms with Crippen molar-refractivity contribution in [1.82, 2.24) is 0 Å². The highest BCUT2D eigenvalue weighted by Gasteiger charge is 2.30. The second-order valence-electron chi connectivity index (χ2n) is 5.46. The van der Waals surface area contributed by atoms with E-state index in [4.69, 9.17) is 15.2 Å². The van der Waals surface area contributed by atoms with E-state index in [9.17, 15) is 14.4 Å². The van der Waals surface area contributed by atoms with Gasteiger partial charge in [0.2, 0.25) is 0 Å². The molecule has 0 aromatic heterocycles. The molecule has 0 saturated heterocycles. The highest BCUT2D eigenvalue weighted by atomic mass is 16.5. The SMILES string of the molecule is CCOC(=O)c1c2ccc(/C=C\C(=O)OC)ccc-2c(C(=O)OCC)c1N. The Morgan fingerprint density at radius 1 is 0.926 bits per heavy atom. The highest BCUT2D eigenvalue weighted by molar-refractivity contribution is 6.15. The average Bonchev–Trinajstić information content (AvgIpc) is 2.77. The van der Waals surface area contributed by atoms with Crippen molar-refractivity contribution < 1.29 is 28.6 Å². The van der Waals surface area contributed by atoms with Crippen molar-refractivity contribution in [2.75, 3.05) is 26.1 Å². The lowest BCUT2D eigenvalue weighted by Gasteiger charge is -2.03. The second-order valence-corrected chi connectivity index (χ2v) is 5.46. The molecular weight excluding hydrogens is 350 g/mol.